The summed E-state index contributed by atoms with van der Waals surface area (Å²) >= 11 is 18.0. The fourth-order valence-corrected chi connectivity index (χ4v) is 5.46. The Kier molecular flexibility index (Phi) is 9.27. The van der Waals surface area contributed by atoms with E-state index in [-0.39, 0.29) is 40.8 Å². The van der Waals surface area contributed by atoms with Crippen molar-refractivity contribution in [2.24, 2.45) is 0 Å². The van der Waals surface area contributed by atoms with Crippen LogP contribution in [-0.2, 0) is 24.8 Å². The van der Waals surface area contributed by atoms with Crippen LogP contribution in [0.3, 0.4) is 0 Å². The summed E-state index contributed by atoms with van der Waals surface area (Å²) in [5.41, 5.74) is -0.979. The first-order valence-electron chi connectivity index (χ1n) is 11.2. The number of nitrogens with one attached hydrogen (secondary N) is 1. The van der Waals surface area contributed by atoms with E-state index in [0.29, 0.717) is 10.8 Å². The molecule has 1 saturated heterocycles. The maximum atomic E-state index is 13.8. The average molecular weight is 608 g/mol. The Morgan fingerprint density at radius 2 is 1.95 bits per heavy atom. The normalized spacial score (nSPS) is 20.8. The van der Waals surface area contributed by atoms with Crippen LogP contribution in [0.2, 0.25) is 15.1 Å². The second kappa shape index (κ2) is 12.3. The highest BCUT2D eigenvalue weighted by Gasteiger charge is 2.44. The molecule has 12 nitrogen and oxygen atoms in total. The summed E-state index contributed by atoms with van der Waals surface area (Å²) in [5, 5.41) is 10.6. The van der Waals surface area contributed by atoms with Gasteiger partial charge in [0.2, 0.25) is 0 Å². The Labute approximate surface area is 231 Å². The zero-order valence-electron chi connectivity index (χ0n) is 19.8. The Morgan fingerprint density at radius 3 is 2.66 bits per heavy atom. The lowest BCUT2D eigenvalue weighted by molar-refractivity contribution is -0.0460. The number of H-pyrrole nitrogens is 1. The van der Waals surface area contributed by atoms with Crippen molar-refractivity contribution in [3.8, 4) is 5.75 Å². The molecule has 1 aromatic carbocycles. The number of hydrogen-bond acceptors (Lipinski definition) is 10. The highest BCUT2D eigenvalue weighted by atomic mass is 35.5. The van der Waals surface area contributed by atoms with Gasteiger partial charge in [0.05, 0.1) is 23.3 Å². The maximum absolute atomic E-state index is 13.8. The molecule has 0 radical (unpaired) electrons. The van der Waals surface area contributed by atoms with Crippen LogP contribution in [0.25, 0.3) is 0 Å². The van der Waals surface area contributed by atoms with Gasteiger partial charge in [-0.1, -0.05) is 34.8 Å². The zero-order valence-corrected chi connectivity index (χ0v) is 22.9. The molecular weight excluding hydrogens is 586 g/mol. The van der Waals surface area contributed by atoms with E-state index in [2.05, 4.69) is 15.0 Å². The fraction of sp³-hybridized carbons (Fsp3) is 0.364. The number of hydrogen-bond donors (Lipinski definition) is 2. The van der Waals surface area contributed by atoms with Crippen LogP contribution in [0.4, 0.5) is 0 Å². The van der Waals surface area contributed by atoms with Gasteiger partial charge in [-0.15, -0.1) is 0 Å². The van der Waals surface area contributed by atoms with Gasteiger partial charge >= 0.3 is 13.5 Å². The number of aryl methyl sites for hydroxylation is 1. The van der Waals surface area contributed by atoms with Gasteiger partial charge in [-0.05, 0) is 19.1 Å². The van der Waals surface area contributed by atoms with Gasteiger partial charge in [-0.3, -0.25) is 23.4 Å². The smallest absolute Gasteiger partial charge is 0.402 e. The molecule has 0 aliphatic carbocycles. The number of phosphoric ester groups is 1. The molecule has 204 valence electrons. The van der Waals surface area contributed by atoms with E-state index in [1.165, 1.54) is 43.7 Å². The predicted octanol–water partition coefficient (Wildman–Crippen LogP) is 3.71. The second-order valence-corrected chi connectivity index (χ2v) is 11.0. The molecule has 3 aromatic rings. The number of nitrogens with zero attached hydrogens (tertiary/aromatic N) is 3. The summed E-state index contributed by atoms with van der Waals surface area (Å²) in [7, 11) is -4.44. The molecule has 2 aromatic heterocycles. The summed E-state index contributed by atoms with van der Waals surface area (Å²) in [5.74, 6) is 0.306. The van der Waals surface area contributed by atoms with Crippen molar-refractivity contribution < 1.29 is 28.0 Å². The third kappa shape index (κ3) is 7.02. The molecule has 1 unspecified atom stereocenters. The molecule has 0 spiro atoms. The molecule has 38 heavy (non-hydrogen) atoms. The van der Waals surface area contributed by atoms with Crippen LogP contribution in [0.15, 0.2) is 46.4 Å². The number of ether oxygens (including phenoxy) is 1. The zero-order chi connectivity index (χ0) is 27.4. The van der Waals surface area contributed by atoms with Gasteiger partial charge in [0.25, 0.3) is 5.56 Å². The van der Waals surface area contributed by atoms with Crippen molar-refractivity contribution in [2.45, 2.75) is 38.2 Å². The minimum Gasteiger partial charge on any atom is -0.402 e. The lowest BCUT2D eigenvalue weighted by Crippen LogP contribution is -2.33. The van der Waals surface area contributed by atoms with E-state index in [9.17, 15) is 19.3 Å². The predicted molar refractivity (Wildman–Crippen MR) is 138 cm³/mol. The number of aliphatic hydroxyl groups excluding tert-OH is 1. The molecule has 0 amide bonds. The van der Waals surface area contributed by atoms with Gasteiger partial charge in [0.1, 0.15) is 24.3 Å². The van der Waals surface area contributed by atoms with Crippen molar-refractivity contribution >= 4 is 42.6 Å². The third-order valence-corrected chi connectivity index (χ3v) is 7.62. The van der Waals surface area contributed by atoms with Gasteiger partial charge in [-0.25, -0.2) is 19.3 Å². The van der Waals surface area contributed by atoms with Crippen LogP contribution in [-0.4, -0.2) is 50.0 Å². The molecule has 3 heterocycles. The van der Waals surface area contributed by atoms with Gasteiger partial charge in [0.15, 0.2) is 5.75 Å². The maximum Gasteiger partial charge on any atom is 0.530 e. The summed E-state index contributed by atoms with van der Waals surface area (Å²) < 4.78 is 37.7. The molecule has 4 atom stereocenters. The molecule has 0 bridgehead atoms. The van der Waals surface area contributed by atoms with Crippen LogP contribution in [0.1, 0.15) is 24.0 Å². The van der Waals surface area contributed by atoms with Crippen molar-refractivity contribution in [2.75, 3.05) is 13.2 Å². The Hall–Kier alpha value is -2.28. The third-order valence-electron chi connectivity index (χ3n) is 5.43. The van der Waals surface area contributed by atoms with Gasteiger partial charge in [0, 0.05) is 48.1 Å². The van der Waals surface area contributed by atoms with Crippen molar-refractivity contribution in [3.05, 3.63) is 84.1 Å². The number of benzene rings is 1. The monoisotopic (exact) mass is 606 g/mol. The van der Waals surface area contributed by atoms with Crippen LogP contribution in [0.5, 0.6) is 5.75 Å². The first-order chi connectivity index (χ1) is 18.1. The van der Waals surface area contributed by atoms with Crippen molar-refractivity contribution in [1.82, 2.24) is 19.5 Å². The first-order valence-corrected chi connectivity index (χ1v) is 13.8. The molecule has 0 saturated carbocycles. The molecule has 2 N–H and O–H groups in total. The van der Waals surface area contributed by atoms with E-state index in [1.807, 2.05) is 0 Å². The standard InChI is InChI=1S/C22H22Cl3N4O8P/c1-12-10-29(22(32)28-21(12)31)20-7-17(18(11-30)35-20)37-38(33,36-16-6-13(23)2-3-15(16)25)34-5-4-19-26-8-14(24)9-27-19/h2-3,6,8-10,17-18,20,30H,4-5,7,11H2,1H3,(H,28,31,32)/t17-,18+,20+,38?/m0/s1. The minimum atomic E-state index is -4.44. The van der Waals surface area contributed by atoms with Crippen molar-refractivity contribution in [1.29, 1.82) is 0 Å². The molecule has 16 heteroatoms. The number of phosphoric acid groups is 1. The summed E-state index contributed by atoms with van der Waals surface area (Å²) in [4.78, 5) is 34.4. The molecule has 1 aliphatic heterocycles. The Morgan fingerprint density at radius 1 is 1.21 bits per heavy atom. The average Bonchev–Trinajstić information content (AvgIpc) is 3.27. The van der Waals surface area contributed by atoms with E-state index in [4.69, 9.17) is 53.1 Å². The van der Waals surface area contributed by atoms with Crippen LogP contribution in [0, 0.1) is 6.92 Å². The number of aliphatic hydroxyl groups is 1. The molecule has 1 aliphatic rings. The topological polar surface area (TPSA) is 155 Å². The molecule has 4 rings (SSSR count). The quantitative estimate of drug-likeness (QED) is 0.326. The molecule has 1 fully saturated rings. The highest BCUT2D eigenvalue weighted by Crippen LogP contribution is 2.54. The number of rotatable bonds is 10. The number of halogens is 3. The minimum absolute atomic E-state index is 0.0309. The SMILES string of the molecule is Cc1cn([C@H]2C[C@H](OP(=O)(OCCc3ncc(Cl)cn3)Oc3cc(Cl)ccc3Cl)[C@@H](CO)O2)c(=O)[nH]c1=O. The van der Waals surface area contributed by atoms with Crippen molar-refractivity contribution in [3.63, 3.8) is 0 Å². The summed E-state index contributed by atoms with van der Waals surface area (Å²) in [6.07, 6.45) is 1.26. The van der Waals surface area contributed by atoms with E-state index in [1.54, 1.807) is 0 Å². The first kappa shape index (κ1) is 28.7. The van der Waals surface area contributed by atoms with Crippen LogP contribution >= 0.6 is 42.6 Å². The van der Waals surface area contributed by atoms with Gasteiger partial charge in [-0.2, -0.15) is 0 Å². The Bertz CT molecular complexity index is 1450. The number of aromatic nitrogens is 4. The second-order valence-electron chi connectivity index (χ2n) is 8.18. The fourth-order valence-electron chi connectivity index (χ4n) is 3.57. The van der Waals surface area contributed by atoms with Crippen LogP contribution < -0.4 is 15.8 Å². The Balaban J connectivity index is 1.56. The molecular formula is C22H22Cl3N4O8P. The van der Waals surface area contributed by atoms with Gasteiger partial charge < -0.3 is 14.4 Å². The lowest BCUT2D eigenvalue weighted by Gasteiger charge is -2.24. The highest BCUT2D eigenvalue weighted by molar-refractivity contribution is 7.49. The number of aromatic amines is 1. The van der Waals surface area contributed by atoms with E-state index < -0.39 is 44.1 Å². The van der Waals surface area contributed by atoms with E-state index >= 15 is 0 Å². The van der Waals surface area contributed by atoms with E-state index in [0.717, 1.165) is 4.57 Å². The summed E-state index contributed by atoms with van der Waals surface area (Å²) in [6, 6.07) is 4.30. The largest absolute Gasteiger partial charge is 0.530 e. The lowest BCUT2D eigenvalue weighted by atomic mass is 10.2. The summed E-state index contributed by atoms with van der Waals surface area (Å²) in [6.45, 7) is 0.807.